The van der Waals surface area contributed by atoms with E-state index in [1.165, 1.54) is 19.3 Å². The van der Waals surface area contributed by atoms with Crippen molar-refractivity contribution in [3.8, 4) is 0 Å². The highest BCUT2D eigenvalue weighted by Crippen LogP contribution is 2.51. The van der Waals surface area contributed by atoms with Gasteiger partial charge in [0.1, 0.15) is 0 Å². The predicted octanol–water partition coefficient (Wildman–Crippen LogP) is 2.76. The van der Waals surface area contributed by atoms with Crippen molar-refractivity contribution in [3.05, 3.63) is 0 Å². The van der Waals surface area contributed by atoms with Gasteiger partial charge in [-0.3, -0.25) is 0 Å². The predicted molar refractivity (Wildman–Crippen MR) is 85.0 cm³/mol. The summed E-state index contributed by atoms with van der Waals surface area (Å²) in [6.07, 6.45) is 4.30. The molecule has 3 nitrogen and oxygen atoms in total. The molecule has 1 saturated heterocycles. The minimum Gasteiger partial charge on any atom is -0.377 e. The normalized spacial score (nSPS) is 33.9. The van der Waals surface area contributed by atoms with Crippen LogP contribution < -0.4 is 5.32 Å². The molecule has 0 aromatic heterocycles. The van der Waals surface area contributed by atoms with Gasteiger partial charge in [0, 0.05) is 36.6 Å². The van der Waals surface area contributed by atoms with E-state index in [1.54, 1.807) is 0 Å². The number of likely N-dealkylation sites (N-methyl/N-ethyl adjacent to an activating group) is 1. The molecule has 4 atom stereocenters. The first-order chi connectivity index (χ1) is 9.32. The van der Waals surface area contributed by atoms with E-state index in [1.807, 2.05) is 0 Å². The molecule has 0 bridgehead atoms. The molecule has 1 aliphatic carbocycles. The van der Waals surface area contributed by atoms with Crippen LogP contribution in [-0.2, 0) is 4.74 Å². The van der Waals surface area contributed by atoms with Gasteiger partial charge in [0.25, 0.3) is 0 Å². The van der Waals surface area contributed by atoms with Crippen LogP contribution >= 0.6 is 0 Å². The molecule has 3 heteroatoms. The number of ether oxygens (including phenoxy) is 1. The van der Waals surface area contributed by atoms with Crippen LogP contribution in [0.4, 0.5) is 0 Å². The third-order valence-electron chi connectivity index (χ3n) is 5.09. The number of hydrogen-bond acceptors (Lipinski definition) is 3. The lowest BCUT2D eigenvalue weighted by molar-refractivity contribution is -0.194. The van der Waals surface area contributed by atoms with Gasteiger partial charge in [-0.2, -0.15) is 0 Å². The van der Waals surface area contributed by atoms with Crippen molar-refractivity contribution in [2.45, 2.75) is 65.1 Å². The van der Waals surface area contributed by atoms with Crippen molar-refractivity contribution in [2.75, 3.05) is 27.2 Å². The number of nitrogens with one attached hydrogen (secondary N) is 1. The molecule has 2 rings (SSSR count). The van der Waals surface area contributed by atoms with Gasteiger partial charge in [-0.15, -0.1) is 0 Å². The number of rotatable bonds is 6. The number of nitrogens with zero attached hydrogens (tertiary/aromatic N) is 1. The van der Waals surface area contributed by atoms with Gasteiger partial charge in [-0.25, -0.2) is 0 Å². The molecule has 1 saturated carbocycles. The topological polar surface area (TPSA) is 24.5 Å². The van der Waals surface area contributed by atoms with Gasteiger partial charge in [0.05, 0.1) is 6.10 Å². The molecule has 0 aromatic carbocycles. The second-order valence-corrected chi connectivity index (χ2v) is 8.15. The lowest BCUT2D eigenvalue weighted by Crippen LogP contribution is -2.71. The quantitative estimate of drug-likeness (QED) is 0.811. The first-order valence-electron chi connectivity index (χ1n) is 8.34. The van der Waals surface area contributed by atoms with Crippen molar-refractivity contribution in [3.63, 3.8) is 0 Å². The van der Waals surface area contributed by atoms with Crippen LogP contribution in [0.3, 0.4) is 0 Å². The Morgan fingerprint density at radius 2 is 2.00 bits per heavy atom. The standard InChI is InChI=1S/C17H34N2O/c1-12(2)10-13(11-19(5)6)18-15-14-8-7-9-20-16(14)17(15,3)4/h12-16,18H,7-11H2,1-6H3. The minimum atomic E-state index is 0.284. The summed E-state index contributed by atoms with van der Waals surface area (Å²) < 4.78 is 6.02. The zero-order chi connectivity index (χ0) is 14.9. The second-order valence-electron chi connectivity index (χ2n) is 8.15. The van der Waals surface area contributed by atoms with Gasteiger partial charge in [0.15, 0.2) is 0 Å². The Bertz CT molecular complexity index is 304. The molecule has 1 N–H and O–H groups in total. The molecule has 1 heterocycles. The number of fused-ring (bicyclic) bond motifs is 1. The molecule has 1 aliphatic heterocycles. The fourth-order valence-electron chi connectivity index (χ4n) is 4.32. The average Bonchev–Trinajstić information content (AvgIpc) is 2.34. The molecule has 0 aromatic rings. The SMILES string of the molecule is CC(C)CC(CN(C)C)NC1C2CCCOC2C1(C)C. The van der Waals surface area contributed by atoms with Crippen LogP contribution in [0.25, 0.3) is 0 Å². The molecule has 2 aliphatic rings. The van der Waals surface area contributed by atoms with Crippen LogP contribution in [0, 0.1) is 17.3 Å². The Balaban J connectivity index is 1.98. The molecule has 0 amide bonds. The summed E-state index contributed by atoms with van der Waals surface area (Å²) >= 11 is 0. The molecule has 0 spiro atoms. The summed E-state index contributed by atoms with van der Waals surface area (Å²) in [5.74, 6) is 1.48. The smallest absolute Gasteiger partial charge is 0.0684 e. The molecule has 20 heavy (non-hydrogen) atoms. The molecular formula is C17H34N2O. The van der Waals surface area contributed by atoms with Gasteiger partial charge in [-0.05, 0) is 39.3 Å². The average molecular weight is 282 g/mol. The van der Waals surface area contributed by atoms with Gasteiger partial charge in [-0.1, -0.05) is 27.7 Å². The molecule has 0 radical (unpaired) electrons. The summed E-state index contributed by atoms with van der Waals surface area (Å²) in [5, 5.41) is 3.98. The maximum atomic E-state index is 6.02. The Morgan fingerprint density at radius 3 is 2.60 bits per heavy atom. The van der Waals surface area contributed by atoms with E-state index in [4.69, 9.17) is 4.74 Å². The highest BCUT2D eigenvalue weighted by atomic mass is 16.5. The summed E-state index contributed by atoms with van der Waals surface area (Å²) in [7, 11) is 4.35. The van der Waals surface area contributed by atoms with Gasteiger partial charge in [0.2, 0.25) is 0 Å². The lowest BCUT2D eigenvalue weighted by atomic mass is 9.55. The minimum absolute atomic E-state index is 0.284. The van der Waals surface area contributed by atoms with Crippen LogP contribution in [0.15, 0.2) is 0 Å². The first kappa shape index (κ1) is 16.3. The summed E-state index contributed by atoms with van der Waals surface area (Å²) in [4.78, 5) is 2.31. The highest BCUT2D eigenvalue weighted by Gasteiger charge is 2.57. The lowest BCUT2D eigenvalue weighted by Gasteiger charge is -2.61. The Hall–Kier alpha value is -0.120. The van der Waals surface area contributed by atoms with Gasteiger partial charge >= 0.3 is 0 Å². The van der Waals surface area contributed by atoms with E-state index >= 15 is 0 Å². The van der Waals surface area contributed by atoms with E-state index in [0.717, 1.165) is 25.0 Å². The van der Waals surface area contributed by atoms with Crippen molar-refractivity contribution >= 4 is 0 Å². The van der Waals surface area contributed by atoms with E-state index < -0.39 is 0 Å². The Morgan fingerprint density at radius 1 is 1.30 bits per heavy atom. The molecule has 4 unspecified atom stereocenters. The van der Waals surface area contributed by atoms with Crippen molar-refractivity contribution in [1.82, 2.24) is 10.2 Å². The molecular weight excluding hydrogens is 248 g/mol. The van der Waals surface area contributed by atoms with Crippen molar-refractivity contribution in [2.24, 2.45) is 17.3 Å². The van der Waals surface area contributed by atoms with E-state index in [9.17, 15) is 0 Å². The summed E-state index contributed by atoms with van der Waals surface area (Å²) in [6, 6.07) is 1.22. The molecule has 118 valence electrons. The fourth-order valence-corrected chi connectivity index (χ4v) is 4.32. The van der Waals surface area contributed by atoms with Crippen LogP contribution in [0.1, 0.15) is 47.0 Å². The Labute approximate surface area is 125 Å². The monoisotopic (exact) mass is 282 g/mol. The maximum Gasteiger partial charge on any atom is 0.0684 e. The Kier molecular flexibility index (Phi) is 5.14. The second kappa shape index (κ2) is 6.33. The zero-order valence-electron chi connectivity index (χ0n) is 14.3. The number of hydrogen-bond donors (Lipinski definition) is 1. The van der Waals surface area contributed by atoms with Crippen LogP contribution in [-0.4, -0.2) is 50.3 Å². The van der Waals surface area contributed by atoms with Crippen molar-refractivity contribution < 1.29 is 4.74 Å². The van der Waals surface area contributed by atoms with Crippen molar-refractivity contribution in [1.29, 1.82) is 0 Å². The first-order valence-corrected chi connectivity index (χ1v) is 8.34. The van der Waals surface area contributed by atoms with E-state index in [-0.39, 0.29) is 5.41 Å². The van der Waals surface area contributed by atoms with Crippen LogP contribution in [0.2, 0.25) is 0 Å². The summed E-state index contributed by atoms with van der Waals surface area (Å²) in [6.45, 7) is 11.5. The largest absolute Gasteiger partial charge is 0.377 e. The van der Waals surface area contributed by atoms with Crippen LogP contribution in [0.5, 0.6) is 0 Å². The van der Waals surface area contributed by atoms with E-state index in [0.29, 0.717) is 18.2 Å². The fraction of sp³-hybridized carbons (Fsp3) is 1.00. The van der Waals surface area contributed by atoms with E-state index in [2.05, 4.69) is 52.0 Å². The zero-order valence-corrected chi connectivity index (χ0v) is 14.3. The third-order valence-corrected chi connectivity index (χ3v) is 5.09. The summed E-state index contributed by atoms with van der Waals surface area (Å²) in [5.41, 5.74) is 0.284. The van der Waals surface area contributed by atoms with Gasteiger partial charge < -0.3 is 15.0 Å². The maximum absolute atomic E-state index is 6.02. The molecule has 2 fully saturated rings. The highest BCUT2D eigenvalue weighted by molar-refractivity contribution is 5.11. The third kappa shape index (κ3) is 3.37.